The number of phenolic OH excluding ortho intramolecular Hbond substituents is 1. The fraction of sp³-hybridized carbons (Fsp3) is 0.167. The van der Waals surface area contributed by atoms with Crippen molar-refractivity contribution in [3.05, 3.63) is 89.5 Å². The number of aryl methyl sites for hydroxylation is 1. The smallest absolute Gasteiger partial charge is 0.342 e. The molecule has 154 valence electrons. The van der Waals surface area contributed by atoms with Gasteiger partial charge in [0.2, 0.25) is 0 Å². The summed E-state index contributed by atoms with van der Waals surface area (Å²) in [4.78, 5) is 24.6. The van der Waals surface area contributed by atoms with Crippen molar-refractivity contribution in [2.24, 2.45) is 0 Å². The van der Waals surface area contributed by atoms with Crippen LogP contribution in [0.2, 0.25) is 0 Å². The highest BCUT2D eigenvalue weighted by Gasteiger charge is 2.21. The van der Waals surface area contributed by atoms with Gasteiger partial charge in [-0.15, -0.1) is 0 Å². The molecule has 0 heterocycles. The first-order chi connectivity index (χ1) is 14.4. The Morgan fingerprint density at radius 3 is 2.37 bits per heavy atom. The number of benzene rings is 3. The molecule has 0 aliphatic rings. The largest absolute Gasteiger partial charge is 0.507 e. The van der Waals surface area contributed by atoms with E-state index in [0.717, 1.165) is 5.56 Å². The number of carbonyl (C=O) groups excluding carboxylic acids is 2. The number of ether oxygens (including phenoxy) is 2. The van der Waals surface area contributed by atoms with Gasteiger partial charge < -0.3 is 19.9 Å². The summed E-state index contributed by atoms with van der Waals surface area (Å²) in [6, 6.07) is 21.5. The van der Waals surface area contributed by atoms with E-state index in [1.54, 1.807) is 43.3 Å². The van der Waals surface area contributed by atoms with E-state index >= 15 is 0 Å². The molecule has 0 aliphatic carbocycles. The van der Waals surface area contributed by atoms with E-state index in [0.29, 0.717) is 23.6 Å². The highest BCUT2D eigenvalue weighted by Crippen LogP contribution is 2.23. The number of hydrogen-bond donors (Lipinski definition) is 2. The summed E-state index contributed by atoms with van der Waals surface area (Å²) in [7, 11) is 0. The summed E-state index contributed by atoms with van der Waals surface area (Å²) in [6.07, 6.45) is -1.04. The predicted octanol–water partition coefficient (Wildman–Crippen LogP) is 4.46. The molecule has 6 heteroatoms. The number of aromatic hydroxyl groups is 1. The van der Waals surface area contributed by atoms with Crippen LogP contribution in [0.15, 0.2) is 72.8 Å². The molecule has 0 saturated heterocycles. The number of nitrogens with one attached hydrogen (secondary N) is 1. The van der Waals surface area contributed by atoms with Crippen molar-refractivity contribution in [1.82, 2.24) is 0 Å². The second-order valence-corrected chi connectivity index (χ2v) is 6.81. The Hall–Kier alpha value is -3.80. The van der Waals surface area contributed by atoms with Crippen molar-refractivity contribution in [3.63, 3.8) is 0 Å². The Bertz CT molecular complexity index is 1020. The maximum Gasteiger partial charge on any atom is 0.342 e. The molecule has 0 fully saturated rings. The number of amides is 1. The molecule has 6 nitrogen and oxygen atoms in total. The fourth-order valence-corrected chi connectivity index (χ4v) is 2.72. The zero-order chi connectivity index (χ0) is 21.5. The van der Waals surface area contributed by atoms with Gasteiger partial charge in [0.1, 0.15) is 23.7 Å². The van der Waals surface area contributed by atoms with Crippen LogP contribution in [0.5, 0.6) is 11.5 Å². The Morgan fingerprint density at radius 1 is 0.967 bits per heavy atom. The third kappa shape index (κ3) is 5.38. The van der Waals surface area contributed by atoms with Crippen LogP contribution in [-0.2, 0) is 16.1 Å². The van der Waals surface area contributed by atoms with Crippen molar-refractivity contribution in [3.8, 4) is 11.5 Å². The topological polar surface area (TPSA) is 84.9 Å². The fourth-order valence-electron chi connectivity index (χ4n) is 2.72. The summed E-state index contributed by atoms with van der Waals surface area (Å²) in [5, 5.41) is 12.7. The number of hydrogen-bond acceptors (Lipinski definition) is 5. The molecule has 0 spiro atoms. The van der Waals surface area contributed by atoms with Crippen molar-refractivity contribution < 1.29 is 24.2 Å². The molecule has 1 unspecified atom stereocenters. The van der Waals surface area contributed by atoms with Gasteiger partial charge in [0.25, 0.3) is 5.91 Å². The van der Waals surface area contributed by atoms with Gasteiger partial charge in [0, 0.05) is 5.69 Å². The lowest BCUT2D eigenvalue weighted by atomic mass is 10.1. The molecular formula is C24H23NO5. The van der Waals surface area contributed by atoms with Gasteiger partial charge in [0.15, 0.2) is 6.10 Å². The summed E-state index contributed by atoms with van der Waals surface area (Å²) in [6.45, 7) is 3.60. The normalized spacial score (nSPS) is 11.4. The molecule has 0 bridgehead atoms. The number of rotatable bonds is 7. The van der Waals surface area contributed by atoms with Crippen molar-refractivity contribution >= 4 is 17.6 Å². The van der Waals surface area contributed by atoms with Gasteiger partial charge in [-0.2, -0.15) is 0 Å². The first-order valence-corrected chi connectivity index (χ1v) is 9.51. The van der Waals surface area contributed by atoms with Crippen molar-refractivity contribution in [2.75, 3.05) is 5.32 Å². The van der Waals surface area contributed by atoms with Gasteiger partial charge in [-0.25, -0.2) is 4.79 Å². The average molecular weight is 405 g/mol. The first kappa shape index (κ1) is 20.9. The van der Waals surface area contributed by atoms with E-state index in [1.807, 2.05) is 30.3 Å². The molecule has 2 N–H and O–H groups in total. The summed E-state index contributed by atoms with van der Waals surface area (Å²) in [5.41, 5.74) is 2.18. The van der Waals surface area contributed by atoms with E-state index < -0.39 is 18.0 Å². The van der Waals surface area contributed by atoms with Crippen molar-refractivity contribution in [2.45, 2.75) is 26.6 Å². The Labute approximate surface area is 175 Å². The number of phenols is 1. The number of esters is 1. The molecule has 0 radical (unpaired) electrons. The second-order valence-electron chi connectivity index (χ2n) is 6.81. The van der Waals surface area contributed by atoms with Gasteiger partial charge in [0.05, 0.1) is 0 Å². The van der Waals surface area contributed by atoms with E-state index in [9.17, 15) is 14.7 Å². The Morgan fingerprint density at radius 2 is 1.67 bits per heavy atom. The second kappa shape index (κ2) is 9.60. The first-order valence-electron chi connectivity index (χ1n) is 9.51. The molecule has 30 heavy (non-hydrogen) atoms. The van der Waals surface area contributed by atoms with Gasteiger partial charge in [-0.3, -0.25) is 4.79 Å². The zero-order valence-corrected chi connectivity index (χ0v) is 16.8. The molecule has 0 aliphatic heterocycles. The molecule has 1 atom stereocenters. The molecular weight excluding hydrogens is 382 g/mol. The molecule has 0 saturated carbocycles. The molecule has 1 amide bonds. The van der Waals surface area contributed by atoms with Crippen LogP contribution < -0.4 is 10.1 Å². The van der Waals surface area contributed by atoms with Crippen LogP contribution in [0.25, 0.3) is 0 Å². The van der Waals surface area contributed by atoms with Crippen LogP contribution >= 0.6 is 0 Å². The van der Waals surface area contributed by atoms with E-state index in [4.69, 9.17) is 9.47 Å². The minimum Gasteiger partial charge on any atom is -0.507 e. The summed E-state index contributed by atoms with van der Waals surface area (Å²) >= 11 is 0. The van der Waals surface area contributed by atoms with E-state index in [-0.39, 0.29) is 11.3 Å². The average Bonchev–Trinajstić information content (AvgIpc) is 2.75. The van der Waals surface area contributed by atoms with Crippen LogP contribution in [0.3, 0.4) is 0 Å². The molecule has 0 aromatic heterocycles. The van der Waals surface area contributed by atoms with Gasteiger partial charge in [-0.05, 0) is 55.3 Å². The zero-order valence-electron chi connectivity index (χ0n) is 16.8. The Kier molecular flexibility index (Phi) is 6.70. The number of carbonyl (C=O) groups is 2. The van der Waals surface area contributed by atoms with Gasteiger partial charge >= 0.3 is 5.97 Å². The predicted molar refractivity (Wildman–Crippen MR) is 114 cm³/mol. The molecule has 3 aromatic carbocycles. The minimum atomic E-state index is -1.04. The molecule has 3 rings (SSSR count). The third-order valence-corrected chi connectivity index (χ3v) is 4.48. The standard InChI is InChI=1S/C24H23NO5/c1-16-7-6-10-21(22(16)26)24(28)30-17(2)23(27)25-19-11-13-20(14-12-19)29-15-18-8-4-3-5-9-18/h3-14,17,26H,15H2,1-2H3,(H,25,27). The monoisotopic (exact) mass is 405 g/mol. The van der Waals surface area contributed by atoms with Crippen LogP contribution in [-0.4, -0.2) is 23.1 Å². The lowest BCUT2D eigenvalue weighted by molar-refractivity contribution is -0.123. The van der Waals surface area contributed by atoms with Crippen LogP contribution in [0.1, 0.15) is 28.4 Å². The van der Waals surface area contributed by atoms with E-state index in [1.165, 1.54) is 13.0 Å². The minimum absolute atomic E-state index is 0.0227. The number of anilines is 1. The SMILES string of the molecule is Cc1cccc(C(=O)OC(C)C(=O)Nc2ccc(OCc3ccccc3)cc2)c1O. The van der Waals surface area contributed by atoms with Gasteiger partial charge in [-0.1, -0.05) is 42.5 Å². The highest BCUT2D eigenvalue weighted by atomic mass is 16.5. The Balaban J connectivity index is 1.53. The van der Waals surface area contributed by atoms with Crippen LogP contribution in [0.4, 0.5) is 5.69 Å². The lowest BCUT2D eigenvalue weighted by Gasteiger charge is -2.15. The highest BCUT2D eigenvalue weighted by molar-refractivity contribution is 5.98. The lowest BCUT2D eigenvalue weighted by Crippen LogP contribution is -2.30. The maximum atomic E-state index is 12.3. The third-order valence-electron chi connectivity index (χ3n) is 4.48. The quantitative estimate of drug-likeness (QED) is 0.567. The van der Waals surface area contributed by atoms with Crippen LogP contribution in [0, 0.1) is 6.92 Å². The molecule has 3 aromatic rings. The van der Waals surface area contributed by atoms with Crippen molar-refractivity contribution in [1.29, 1.82) is 0 Å². The number of para-hydroxylation sites is 1. The summed E-state index contributed by atoms with van der Waals surface area (Å²) < 4.78 is 10.9. The summed E-state index contributed by atoms with van der Waals surface area (Å²) in [5.74, 6) is -0.718. The maximum absolute atomic E-state index is 12.3. The van der Waals surface area contributed by atoms with E-state index in [2.05, 4.69) is 5.32 Å².